The summed E-state index contributed by atoms with van der Waals surface area (Å²) in [5.74, 6) is 0. The average molecular weight is 357 g/mol. The van der Waals surface area contributed by atoms with Gasteiger partial charge in [0, 0.05) is 11.0 Å². The molecule has 1 heterocycles. The lowest BCUT2D eigenvalue weighted by atomic mass is 10.2. The maximum atomic E-state index is 12.0. The minimum absolute atomic E-state index is 0.0164. The second-order valence-electron chi connectivity index (χ2n) is 4.66. The van der Waals surface area contributed by atoms with E-state index in [1.54, 1.807) is 6.20 Å². The zero-order chi connectivity index (χ0) is 14.7. The van der Waals surface area contributed by atoms with E-state index in [-0.39, 0.29) is 16.6 Å². The first-order valence-corrected chi connectivity index (χ1v) is 7.42. The summed E-state index contributed by atoms with van der Waals surface area (Å²) in [6.45, 7) is 4.34. The Labute approximate surface area is 130 Å². The van der Waals surface area contributed by atoms with Crippen LogP contribution in [0.3, 0.4) is 0 Å². The largest absolute Gasteiger partial charge is 0.378 e. The highest BCUT2D eigenvalue weighted by Gasteiger charge is 2.11. The first-order chi connectivity index (χ1) is 9.50. The molecule has 0 spiro atoms. The van der Waals surface area contributed by atoms with Crippen molar-refractivity contribution in [1.29, 1.82) is 0 Å². The zero-order valence-corrected chi connectivity index (χ0v) is 13.6. The Hall–Kier alpha value is -1.33. The maximum Gasteiger partial charge on any atom is 0.287 e. The lowest BCUT2D eigenvalue weighted by Crippen LogP contribution is -2.25. The minimum atomic E-state index is -0.279. The molecule has 0 saturated heterocycles. The highest BCUT2D eigenvalue weighted by molar-refractivity contribution is 9.10. The molecule has 1 aromatic carbocycles. The molecular weight excluding hydrogens is 342 g/mol. The smallest absolute Gasteiger partial charge is 0.287 e. The number of aromatic nitrogens is 2. The molecule has 6 heteroatoms. The van der Waals surface area contributed by atoms with Crippen LogP contribution in [0.15, 0.2) is 39.7 Å². The number of hydrogen-bond donors (Lipinski definition) is 1. The highest BCUT2D eigenvalue weighted by atomic mass is 79.9. The van der Waals surface area contributed by atoms with Crippen molar-refractivity contribution in [2.75, 3.05) is 5.32 Å². The van der Waals surface area contributed by atoms with Crippen LogP contribution in [0.25, 0.3) is 0 Å². The molecule has 0 aliphatic heterocycles. The Bertz CT molecular complexity index is 670. The van der Waals surface area contributed by atoms with Crippen molar-refractivity contribution in [2.24, 2.45) is 0 Å². The minimum Gasteiger partial charge on any atom is -0.378 e. The Morgan fingerprint density at radius 1 is 1.40 bits per heavy atom. The predicted octanol–water partition coefficient (Wildman–Crippen LogP) is 3.85. The number of hydrogen-bond acceptors (Lipinski definition) is 3. The van der Waals surface area contributed by atoms with E-state index < -0.39 is 0 Å². The molecule has 1 aromatic heterocycles. The summed E-state index contributed by atoms with van der Waals surface area (Å²) in [5, 5.41) is 7.43. The SMILES string of the molecule is CC(C)n1ncc(NCc2ccccc2Br)c(Cl)c1=O. The lowest BCUT2D eigenvalue weighted by molar-refractivity contribution is 0.503. The predicted molar refractivity (Wildman–Crippen MR) is 85.4 cm³/mol. The molecule has 0 aliphatic rings. The fourth-order valence-electron chi connectivity index (χ4n) is 1.77. The molecule has 0 radical (unpaired) electrons. The van der Waals surface area contributed by atoms with Crippen molar-refractivity contribution in [3.8, 4) is 0 Å². The summed E-state index contributed by atoms with van der Waals surface area (Å²) in [6, 6.07) is 7.85. The van der Waals surface area contributed by atoms with E-state index in [1.807, 2.05) is 38.1 Å². The van der Waals surface area contributed by atoms with Gasteiger partial charge in [0.1, 0.15) is 5.02 Å². The van der Waals surface area contributed by atoms with Crippen LogP contribution < -0.4 is 10.9 Å². The van der Waals surface area contributed by atoms with Gasteiger partial charge in [0.25, 0.3) is 5.56 Å². The van der Waals surface area contributed by atoms with Gasteiger partial charge in [-0.2, -0.15) is 5.10 Å². The van der Waals surface area contributed by atoms with Crippen LogP contribution in [0.4, 0.5) is 5.69 Å². The molecule has 20 heavy (non-hydrogen) atoms. The van der Waals surface area contributed by atoms with E-state index in [0.29, 0.717) is 12.2 Å². The van der Waals surface area contributed by atoms with Gasteiger partial charge in [0.2, 0.25) is 0 Å². The number of rotatable bonds is 4. The molecule has 1 N–H and O–H groups in total. The molecule has 0 bridgehead atoms. The average Bonchev–Trinajstić information content (AvgIpc) is 2.41. The van der Waals surface area contributed by atoms with Crippen LogP contribution in [0.5, 0.6) is 0 Å². The fraction of sp³-hybridized carbons (Fsp3) is 0.286. The van der Waals surface area contributed by atoms with Gasteiger partial charge in [-0.15, -0.1) is 0 Å². The van der Waals surface area contributed by atoms with E-state index >= 15 is 0 Å². The van der Waals surface area contributed by atoms with Crippen molar-refractivity contribution in [1.82, 2.24) is 9.78 Å². The van der Waals surface area contributed by atoms with Crippen molar-refractivity contribution < 1.29 is 0 Å². The third-order valence-corrected chi connectivity index (χ3v) is 4.00. The fourth-order valence-corrected chi connectivity index (χ4v) is 2.40. The molecule has 106 valence electrons. The second kappa shape index (κ2) is 6.41. The maximum absolute atomic E-state index is 12.0. The van der Waals surface area contributed by atoms with Crippen molar-refractivity contribution >= 4 is 33.2 Å². The summed E-state index contributed by atoms with van der Waals surface area (Å²) in [7, 11) is 0. The van der Waals surface area contributed by atoms with Gasteiger partial charge >= 0.3 is 0 Å². The topological polar surface area (TPSA) is 46.9 Å². The summed E-state index contributed by atoms with van der Waals surface area (Å²) in [6.07, 6.45) is 1.58. The first-order valence-electron chi connectivity index (χ1n) is 6.25. The van der Waals surface area contributed by atoms with Gasteiger partial charge in [-0.1, -0.05) is 45.7 Å². The Balaban J connectivity index is 2.21. The standard InChI is InChI=1S/C14H15BrClN3O/c1-9(2)19-14(20)13(16)12(8-18-19)17-7-10-5-3-4-6-11(10)15/h3-6,8-9,17H,7H2,1-2H3. The van der Waals surface area contributed by atoms with Crippen LogP contribution in [0.2, 0.25) is 5.02 Å². The quantitative estimate of drug-likeness (QED) is 0.905. The third-order valence-electron chi connectivity index (χ3n) is 2.86. The normalized spacial score (nSPS) is 10.8. The molecule has 0 saturated carbocycles. The van der Waals surface area contributed by atoms with Crippen molar-refractivity contribution in [3.05, 3.63) is 55.9 Å². The third kappa shape index (κ3) is 3.22. The Morgan fingerprint density at radius 2 is 2.10 bits per heavy atom. The molecule has 2 rings (SSSR count). The van der Waals surface area contributed by atoms with Crippen LogP contribution in [0.1, 0.15) is 25.5 Å². The molecule has 0 unspecified atom stereocenters. The van der Waals surface area contributed by atoms with Gasteiger partial charge in [-0.3, -0.25) is 4.79 Å². The molecular formula is C14H15BrClN3O. The molecule has 0 aliphatic carbocycles. The zero-order valence-electron chi connectivity index (χ0n) is 11.2. The number of nitrogens with zero attached hydrogens (tertiary/aromatic N) is 2. The van der Waals surface area contributed by atoms with Crippen molar-refractivity contribution in [2.45, 2.75) is 26.4 Å². The number of benzene rings is 1. The number of anilines is 1. The van der Waals surface area contributed by atoms with Crippen LogP contribution in [-0.2, 0) is 6.54 Å². The van der Waals surface area contributed by atoms with E-state index in [2.05, 4.69) is 26.3 Å². The van der Waals surface area contributed by atoms with E-state index in [1.165, 1.54) is 4.68 Å². The molecule has 4 nitrogen and oxygen atoms in total. The first kappa shape index (κ1) is 15.1. The number of nitrogens with one attached hydrogen (secondary N) is 1. The van der Waals surface area contributed by atoms with Crippen LogP contribution in [0, 0.1) is 0 Å². The van der Waals surface area contributed by atoms with Gasteiger partial charge in [0.05, 0.1) is 17.9 Å². The van der Waals surface area contributed by atoms with Gasteiger partial charge in [-0.05, 0) is 25.5 Å². The molecule has 2 aromatic rings. The van der Waals surface area contributed by atoms with E-state index in [9.17, 15) is 4.79 Å². The summed E-state index contributed by atoms with van der Waals surface area (Å²) < 4.78 is 2.37. The monoisotopic (exact) mass is 355 g/mol. The Kier molecular flexibility index (Phi) is 4.83. The summed E-state index contributed by atoms with van der Waals surface area (Å²) in [4.78, 5) is 12.0. The van der Waals surface area contributed by atoms with Gasteiger partial charge < -0.3 is 5.32 Å². The second-order valence-corrected chi connectivity index (χ2v) is 5.89. The van der Waals surface area contributed by atoms with Crippen LogP contribution >= 0.6 is 27.5 Å². The summed E-state index contributed by atoms with van der Waals surface area (Å²) in [5.41, 5.74) is 1.35. The van der Waals surface area contributed by atoms with Gasteiger partial charge in [0.15, 0.2) is 0 Å². The van der Waals surface area contributed by atoms with Crippen LogP contribution in [-0.4, -0.2) is 9.78 Å². The Morgan fingerprint density at radius 3 is 2.75 bits per heavy atom. The van der Waals surface area contributed by atoms with Crippen molar-refractivity contribution in [3.63, 3.8) is 0 Å². The van der Waals surface area contributed by atoms with E-state index in [4.69, 9.17) is 11.6 Å². The van der Waals surface area contributed by atoms with Gasteiger partial charge in [-0.25, -0.2) is 4.68 Å². The lowest BCUT2D eigenvalue weighted by Gasteiger charge is -2.12. The molecule has 0 fully saturated rings. The molecule has 0 amide bonds. The summed E-state index contributed by atoms with van der Waals surface area (Å²) >= 11 is 9.58. The highest BCUT2D eigenvalue weighted by Crippen LogP contribution is 2.20. The molecule has 0 atom stereocenters. The number of halogens is 2. The van der Waals surface area contributed by atoms with E-state index in [0.717, 1.165) is 10.0 Å².